The molecule has 0 spiro atoms. The van der Waals surface area contributed by atoms with Crippen molar-refractivity contribution in [2.24, 2.45) is 0 Å². The second-order valence-electron chi connectivity index (χ2n) is 3.51. The molecule has 0 saturated heterocycles. The fourth-order valence-electron chi connectivity index (χ4n) is 1.02. The molecule has 0 aliphatic rings. The third-order valence-corrected chi connectivity index (χ3v) is 2.19. The van der Waals surface area contributed by atoms with Crippen LogP contribution in [0.4, 0.5) is 0 Å². The van der Waals surface area contributed by atoms with Crippen molar-refractivity contribution in [1.29, 1.82) is 0 Å². The van der Waals surface area contributed by atoms with Crippen molar-refractivity contribution in [3.8, 4) is 0 Å². The summed E-state index contributed by atoms with van der Waals surface area (Å²) in [6.45, 7) is 6.72. The Bertz CT molecular complexity index is 205. The zero-order valence-corrected chi connectivity index (χ0v) is 9.59. The first-order valence-corrected chi connectivity index (χ1v) is 5.35. The minimum absolute atomic E-state index is 0.355. The first-order valence-electron chi connectivity index (χ1n) is 5.35. The van der Waals surface area contributed by atoms with Crippen LogP contribution < -0.4 is 0 Å². The van der Waals surface area contributed by atoms with Gasteiger partial charge in [-0.25, -0.2) is 0 Å². The van der Waals surface area contributed by atoms with Gasteiger partial charge in [0.05, 0.1) is 0 Å². The fraction of sp³-hybridized carbons (Fsp3) is 0.538. The molecule has 0 aromatic heterocycles. The van der Waals surface area contributed by atoms with Gasteiger partial charge in [-0.3, -0.25) is 0 Å². The van der Waals surface area contributed by atoms with Crippen molar-refractivity contribution < 1.29 is 5.11 Å². The molecule has 0 saturated carbocycles. The standard InChI is InChI=1S/C8H10.C5H12O/c1-7-5-3-4-6-8(7)2;1-2-3-4-5-6/h3-6H,1-2H3;6H,2-5H2,1H3. The minimum atomic E-state index is 0.355. The normalized spacial score (nSPS) is 9.14. The lowest BCUT2D eigenvalue weighted by Gasteiger charge is -1.93. The summed E-state index contributed by atoms with van der Waals surface area (Å²) in [6.07, 6.45) is 3.33. The van der Waals surface area contributed by atoms with E-state index in [0.717, 1.165) is 12.8 Å². The Balaban J connectivity index is 0.000000255. The summed E-state index contributed by atoms with van der Waals surface area (Å²) in [4.78, 5) is 0. The lowest BCUT2D eigenvalue weighted by molar-refractivity contribution is 0.284. The van der Waals surface area contributed by atoms with Crippen molar-refractivity contribution in [3.05, 3.63) is 35.4 Å². The summed E-state index contributed by atoms with van der Waals surface area (Å²) in [6, 6.07) is 8.36. The van der Waals surface area contributed by atoms with Gasteiger partial charge in [-0.15, -0.1) is 0 Å². The number of aryl methyl sites for hydroxylation is 2. The third-order valence-electron chi connectivity index (χ3n) is 2.19. The van der Waals surface area contributed by atoms with E-state index in [1.165, 1.54) is 17.5 Å². The first-order chi connectivity index (χ1) is 6.72. The number of rotatable bonds is 3. The molecule has 1 N–H and O–H groups in total. The van der Waals surface area contributed by atoms with Crippen LogP contribution in [0.25, 0.3) is 0 Å². The Hall–Kier alpha value is -0.820. The van der Waals surface area contributed by atoms with E-state index in [2.05, 4.69) is 45.0 Å². The average Bonchev–Trinajstić information content (AvgIpc) is 2.20. The maximum Gasteiger partial charge on any atom is 0.0431 e. The quantitative estimate of drug-likeness (QED) is 0.730. The molecule has 1 nitrogen and oxygen atoms in total. The van der Waals surface area contributed by atoms with Gasteiger partial charge in [0.15, 0.2) is 0 Å². The molecule has 0 fully saturated rings. The highest BCUT2D eigenvalue weighted by molar-refractivity contribution is 5.23. The predicted octanol–water partition coefficient (Wildman–Crippen LogP) is 3.47. The molecule has 0 radical (unpaired) electrons. The Kier molecular flexibility index (Phi) is 8.25. The summed E-state index contributed by atoms with van der Waals surface area (Å²) < 4.78 is 0. The summed E-state index contributed by atoms with van der Waals surface area (Å²) >= 11 is 0. The van der Waals surface area contributed by atoms with Crippen molar-refractivity contribution in [1.82, 2.24) is 0 Å². The molecule has 0 aliphatic heterocycles. The molecule has 0 unspecified atom stereocenters. The first kappa shape index (κ1) is 13.2. The largest absolute Gasteiger partial charge is 0.396 e. The van der Waals surface area contributed by atoms with Crippen molar-refractivity contribution in [3.63, 3.8) is 0 Å². The van der Waals surface area contributed by atoms with E-state index in [1.807, 2.05) is 0 Å². The molecular formula is C13H22O. The van der Waals surface area contributed by atoms with Crippen LogP contribution in [0.15, 0.2) is 24.3 Å². The van der Waals surface area contributed by atoms with Gasteiger partial charge in [-0.2, -0.15) is 0 Å². The molecule has 0 atom stereocenters. The highest BCUT2D eigenvalue weighted by Gasteiger charge is 1.83. The van der Waals surface area contributed by atoms with Crippen LogP contribution in [0.1, 0.15) is 37.3 Å². The molecule has 1 rings (SSSR count). The van der Waals surface area contributed by atoms with Crippen molar-refractivity contribution in [2.75, 3.05) is 6.61 Å². The van der Waals surface area contributed by atoms with Crippen LogP contribution in [0.5, 0.6) is 0 Å². The Labute approximate surface area is 87.8 Å². The zero-order chi connectivity index (χ0) is 10.8. The number of aliphatic hydroxyl groups excluding tert-OH is 1. The summed E-state index contributed by atoms with van der Waals surface area (Å²) in [5.74, 6) is 0. The van der Waals surface area contributed by atoms with E-state index in [4.69, 9.17) is 5.11 Å². The molecule has 0 heterocycles. The van der Waals surface area contributed by atoms with Crippen LogP contribution in [0.3, 0.4) is 0 Å². The fourth-order valence-corrected chi connectivity index (χ4v) is 1.02. The van der Waals surface area contributed by atoms with E-state index < -0.39 is 0 Å². The van der Waals surface area contributed by atoms with E-state index >= 15 is 0 Å². The Morgan fingerprint density at radius 2 is 1.50 bits per heavy atom. The van der Waals surface area contributed by atoms with Gasteiger partial charge in [0.2, 0.25) is 0 Å². The molecule has 1 heteroatoms. The van der Waals surface area contributed by atoms with Gasteiger partial charge in [0.1, 0.15) is 0 Å². The second kappa shape index (κ2) is 8.76. The monoisotopic (exact) mass is 194 g/mol. The van der Waals surface area contributed by atoms with Crippen LogP contribution in [-0.4, -0.2) is 11.7 Å². The Morgan fingerprint density at radius 3 is 1.71 bits per heavy atom. The van der Waals surface area contributed by atoms with Crippen LogP contribution >= 0.6 is 0 Å². The zero-order valence-electron chi connectivity index (χ0n) is 9.59. The lowest BCUT2D eigenvalue weighted by atomic mass is 10.1. The van der Waals surface area contributed by atoms with Gasteiger partial charge in [-0.1, -0.05) is 44.0 Å². The summed E-state index contributed by atoms with van der Waals surface area (Å²) in [5, 5.41) is 8.20. The summed E-state index contributed by atoms with van der Waals surface area (Å²) in [7, 11) is 0. The number of unbranched alkanes of at least 4 members (excludes halogenated alkanes) is 2. The predicted molar refractivity (Wildman–Crippen MR) is 62.5 cm³/mol. The van der Waals surface area contributed by atoms with Gasteiger partial charge in [0, 0.05) is 6.61 Å². The van der Waals surface area contributed by atoms with Crippen molar-refractivity contribution in [2.45, 2.75) is 40.0 Å². The molecule has 1 aromatic rings. The molecule has 0 aliphatic carbocycles. The molecule has 80 valence electrons. The van der Waals surface area contributed by atoms with Gasteiger partial charge in [0.25, 0.3) is 0 Å². The molecule has 1 aromatic carbocycles. The number of benzene rings is 1. The maximum absolute atomic E-state index is 8.20. The molecule has 0 bridgehead atoms. The van der Waals surface area contributed by atoms with Crippen LogP contribution in [0, 0.1) is 13.8 Å². The van der Waals surface area contributed by atoms with Crippen molar-refractivity contribution >= 4 is 0 Å². The van der Waals surface area contributed by atoms with E-state index in [1.54, 1.807) is 0 Å². The SMILES string of the molecule is CCCCCO.Cc1ccccc1C. The van der Waals surface area contributed by atoms with Gasteiger partial charge < -0.3 is 5.11 Å². The molecule has 14 heavy (non-hydrogen) atoms. The van der Waals surface area contributed by atoms with Crippen LogP contribution in [0.2, 0.25) is 0 Å². The van der Waals surface area contributed by atoms with Crippen LogP contribution in [-0.2, 0) is 0 Å². The number of hydrogen-bond donors (Lipinski definition) is 1. The molecular weight excluding hydrogens is 172 g/mol. The third kappa shape index (κ3) is 6.67. The van der Waals surface area contributed by atoms with E-state index in [9.17, 15) is 0 Å². The maximum atomic E-state index is 8.20. The topological polar surface area (TPSA) is 20.2 Å². The van der Waals surface area contributed by atoms with Gasteiger partial charge in [-0.05, 0) is 31.4 Å². The lowest BCUT2D eigenvalue weighted by Crippen LogP contribution is -1.78. The second-order valence-corrected chi connectivity index (χ2v) is 3.51. The minimum Gasteiger partial charge on any atom is -0.396 e. The average molecular weight is 194 g/mol. The van der Waals surface area contributed by atoms with E-state index in [0.29, 0.717) is 6.61 Å². The Morgan fingerprint density at radius 1 is 1.00 bits per heavy atom. The van der Waals surface area contributed by atoms with Gasteiger partial charge >= 0.3 is 0 Å². The summed E-state index contributed by atoms with van der Waals surface area (Å²) in [5.41, 5.74) is 2.74. The smallest absolute Gasteiger partial charge is 0.0431 e. The number of hydrogen-bond acceptors (Lipinski definition) is 1. The highest BCUT2D eigenvalue weighted by atomic mass is 16.2. The van der Waals surface area contributed by atoms with E-state index in [-0.39, 0.29) is 0 Å². The molecule has 0 amide bonds. The number of aliphatic hydroxyl groups is 1. The highest BCUT2D eigenvalue weighted by Crippen LogP contribution is 2.02.